The van der Waals surface area contributed by atoms with Gasteiger partial charge in [-0.1, -0.05) is 36.4 Å². The molecule has 142 valence electrons. The molecule has 0 unspecified atom stereocenters. The number of nitrogens with zero attached hydrogens (tertiary/aromatic N) is 4. The van der Waals surface area contributed by atoms with E-state index in [9.17, 15) is 9.18 Å². The van der Waals surface area contributed by atoms with Gasteiger partial charge in [0.05, 0.1) is 5.69 Å². The van der Waals surface area contributed by atoms with Crippen LogP contribution in [0.25, 0.3) is 11.3 Å². The van der Waals surface area contributed by atoms with Gasteiger partial charge in [0.2, 0.25) is 0 Å². The summed E-state index contributed by atoms with van der Waals surface area (Å²) in [5, 5.41) is 0. The highest BCUT2D eigenvalue weighted by molar-refractivity contribution is 5.94. The van der Waals surface area contributed by atoms with Gasteiger partial charge in [0.25, 0.3) is 5.91 Å². The zero-order valence-corrected chi connectivity index (χ0v) is 15.7. The highest BCUT2D eigenvalue weighted by Gasteiger charge is 2.23. The molecule has 1 saturated heterocycles. The third-order valence-corrected chi connectivity index (χ3v) is 4.86. The molecule has 2 heterocycles. The molecule has 0 bridgehead atoms. The van der Waals surface area contributed by atoms with Gasteiger partial charge >= 0.3 is 0 Å². The van der Waals surface area contributed by atoms with Gasteiger partial charge in [-0.3, -0.25) is 4.79 Å². The minimum absolute atomic E-state index is 0.136. The molecular formula is C22H21FN4O. The quantitative estimate of drug-likeness (QED) is 0.701. The van der Waals surface area contributed by atoms with E-state index in [1.807, 2.05) is 43.3 Å². The van der Waals surface area contributed by atoms with Crippen LogP contribution in [-0.2, 0) is 0 Å². The maximum atomic E-state index is 13.4. The number of carbonyl (C=O) groups is 1. The molecule has 1 aliphatic heterocycles. The molecule has 1 aliphatic rings. The Morgan fingerprint density at radius 1 is 0.929 bits per heavy atom. The maximum Gasteiger partial charge on any atom is 0.254 e. The summed E-state index contributed by atoms with van der Waals surface area (Å²) in [4.78, 5) is 25.7. The van der Waals surface area contributed by atoms with Crippen molar-refractivity contribution in [2.45, 2.75) is 6.92 Å². The number of piperazine rings is 1. The first-order valence-electron chi connectivity index (χ1n) is 9.31. The van der Waals surface area contributed by atoms with Crippen LogP contribution in [0.15, 0.2) is 60.7 Å². The van der Waals surface area contributed by atoms with Crippen LogP contribution in [-0.4, -0.2) is 47.0 Å². The van der Waals surface area contributed by atoms with Crippen molar-refractivity contribution in [3.63, 3.8) is 0 Å². The molecule has 6 heteroatoms. The van der Waals surface area contributed by atoms with Crippen molar-refractivity contribution in [3.8, 4) is 11.3 Å². The summed E-state index contributed by atoms with van der Waals surface area (Å²) in [5.41, 5.74) is 2.33. The third-order valence-electron chi connectivity index (χ3n) is 4.86. The molecule has 2 aromatic carbocycles. The number of amides is 1. The van der Waals surface area contributed by atoms with Gasteiger partial charge in [0, 0.05) is 43.4 Å². The SMILES string of the molecule is Cc1nc(-c2ccccc2)cc(N2CCN(C(=O)c3cccc(F)c3)CC2)n1. The molecule has 0 saturated carbocycles. The van der Waals surface area contributed by atoms with Crippen molar-refractivity contribution in [2.24, 2.45) is 0 Å². The lowest BCUT2D eigenvalue weighted by Gasteiger charge is -2.35. The van der Waals surface area contributed by atoms with Crippen molar-refractivity contribution in [2.75, 3.05) is 31.1 Å². The summed E-state index contributed by atoms with van der Waals surface area (Å²) in [6, 6.07) is 17.9. The molecule has 4 rings (SSSR count). The minimum Gasteiger partial charge on any atom is -0.353 e. The van der Waals surface area contributed by atoms with E-state index >= 15 is 0 Å². The predicted octanol–water partition coefficient (Wildman–Crippen LogP) is 3.55. The lowest BCUT2D eigenvalue weighted by Crippen LogP contribution is -2.49. The van der Waals surface area contributed by atoms with E-state index in [0.29, 0.717) is 31.7 Å². The van der Waals surface area contributed by atoms with E-state index in [0.717, 1.165) is 22.9 Å². The van der Waals surface area contributed by atoms with E-state index in [2.05, 4.69) is 14.9 Å². The fraction of sp³-hybridized carbons (Fsp3) is 0.227. The third kappa shape index (κ3) is 3.86. The summed E-state index contributed by atoms with van der Waals surface area (Å²) < 4.78 is 13.4. The lowest BCUT2D eigenvalue weighted by molar-refractivity contribution is 0.0746. The molecular weight excluding hydrogens is 355 g/mol. The number of rotatable bonds is 3. The van der Waals surface area contributed by atoms with Crippen LogP contribution in [0.4, 0.5) is 10.2 Å². The zero-order valence-electron chi connectivity index (χ0n) is 15.7. The lowest BCUT2D eigenvalue weighted by atomic mass is 10.1. The van der Waals surface area contributed by atoms with Gasteiger partial charge < -0.3 is 9.80 Å². The molecule has 0 N–H and O–H groups in total. The largest absolute Gasteiger partial charge is 0.353 e. The molecule has 5 nitrogen and oxygen atoms in total. The molecule has 1 aromatic heterocycles. The van der Waals surface area contributed by atoms with Crippen LogP contribution in [0.1, 0.15) is 16.2 Å². The molecule has 0 spiro atoms. The van der Waals surface area contributed by atoms with Crippen LogP contribution >= 0.6 is 0 Å². The van der Waals surface area contributed by atoms with E-state index in [1.54, 1.807) is 17.0 Å². The predicted molar refractivity (Wildman–Crippen MR) is 107 cm³/mol. The second kappa shape index (κ2) is 7.76. The fourth-order valence-electron chi connectivity index (χ4n) is 3.41. The van der Waals surface area contributed by atoms with E-state index in [4.69, 9.17) is 0 Å². The standard InChI is InChI=1S/C22H21FN4O/c1-16-24-20(17-6-3-2-4-7-17)15-21(25-16)26-10-12-27(13-11-26)22(28)18-8-5-9-19(23)14-18/h2-9,14-15H,10-13H2,1H3. The molecule has 28 heavy (non-hydrogen) atoms. The van der Waals surface area contributed by atoms with Crippen molar-refractivity contribution in [3.05, 3.63) is 77.9 Å². The van der Waals surface area contributed by atoms with Crippen LogP contribution < -0.4 is 4.90 Å². The summed E-state index contributed by atoms with van der Waals surface area (Å²) >= 11 is 0. The van der Waals surface area contributed by atoms with Crippen molar-refractivity contribution >= 4 is 11.7 Å². The Labute approximate surface area is 163 Å². The first-order valence-corrected chi connectivity index (χ1v) is 9.31. The average Bonchev–Trinajstić information content (AvgIpc) is 2.73. The van der Waals surface area contributed by atoms with E-state index in [1.165, 1.54) is 12.1 Å². The average molecular weight is 376 g/mol. The molecule has 1 amide bonds. The van der Waals surface area contributed by atoms with Gasteiger partial charge in [0.15, 0.2) is 0 Å². The number of benzene rings is 2. The highest BCUT2D eigenvalue weighted by atomic mass is 19.1. The molecule has 0 atom stereocenters. The molecule has 0 radical (unpaired) electrons. The number of aryl methyl sites for hydroxylation is 1. The molecule has 0 aliphatic carbocycles. The summed E-state index contributed by atoms with van der Waals surface area (Å²) in [6.07, 6.45) is 0. The first kappa shape index (κ1) is 18.1. The fourth-order valence-corrected chi connectivity index (χ4v) is 3.41. The summed E-state index contributed by atoms with van der Waals surface area (Å²) in [6.45, 7) is 4.37. The Morgan fingerprint density at radius 3 is 2.39 bits per heavy atom. The van der Waals surface area contributed by atoms with Gasteiger partial charge in [-0.05, 0) is 25.1 Å². The van der Waals surface area contributed by atoms with Gasteiger partial charge in [-0.2, -0.15) is 0 Å². The number of anilines is 1. The minimum atomic E-state index is -0.394. The number of hydrogen-bond donors (Lipinski definition) is 0. The Morgan fingerprint density at radius 2 is 1.68 bits per heavy atom. The zero-order chi connectivity index (χ0) is 19.5. The van der Waals surface area contributed by atoms with Crippen molar-refractivity contribution in [1.82, 2.24) is 14.9 Å². The smallest absolute Gasteiger partial charge is 0.254 e. The molecule has 1 fully saturated rings. The number of aromatic nitrogens is 2. The monoisotopic (exact) mass is 376 g/mol. The second-order valence-electron chi connectivity index (χ2n) is 6.81. The van der Waals surface area contributed by atoms with Crippen molar-refractivity contribution in [1.29, 1.82) is 0 Å². The van der Waals surface area contributed by atoms with E-state index in [-0.39, 0.29) is 5.91 Å². The van der Waals surface area contributed by atoms with Crippen LogP contribution in [0.2, 0.25) is 0 Å². The Balaban J connectivity index is 1.48. The normalized spacial score (nSPS) is 14.2. The van der Waals surface area contributed by atoms with Crippen LogP contribution in [0.5, 0.6) is 0 Å². The Kier molecular flexibility index (Phi) is 5.02. The number of hydrogen-bond acceptors (Lipinski definition) is 4. The Hall–Kier alpha value is -3.28. The molecule has 3 aromatic rings. The van der Waals surface area contributed by atoms with Gasteiger partial charge in [-0.25, -0.2) is 14.4 Å². The maximum absolute atomic E-state index is 13.4. The van der Waals surface area contributed by atoms with Gasteiger partial charge in [0.1, 0.15) is 17.5 Å². The summed E-state index contributed by atoms with van der Waals surface area (Å²) in [7, 11) is 0. The van der Waals surface area contributed by atoms with E-state index < -0.39 is 5.82 Å². The van der Waals surface area contributed by atoms with Crippen LogP contribution in [0, 0.1) is 12.7 Å². The number of halogens is 1. The highest BCUT2D eigenvalue weighted by Crippen LogP contribution is 2.23. The Bertz CT molecular complexity index is 985. The first-order chi connectivity index (χ1) is 13.6. The van der Waals surface area contributed by atoms with Crippen molar-refractivity contribution < 1.29 is 9.18 Å². The van der Waals surface area contributed by atoms with Crippen LogP contribution in [0.3, 0.4) is 0 Å². The second-order valence-corrected chi connectivity index (χ2v) is 6.81. The summed E-state index contributed by atoms with van der Waals surface area (Å²) in [5.74, 6) is 1.05. The topological polar surface area (TPSA) is 49.3 Å². The number of carbonyl (C=O) groups excluding carboxylic acids is 1. The van der Waals surface area contributed by atoms with Gasteiger partial charge in [-0.15, -0.1) is 0 Å².